The van der Waals surface area contributed by atoms with Crippen LogP contribution in [0.1, 0.15) is 35.6 Å². The molecule has 4 rings (SSSR count). The zero-order valence-electron chi connectivity index (χ0n) is 16.0. The summed E-state index contributed by atoms with van der Waals surface area (Å²) >= 11 is 0. The molecule has 1 aromatic heterocycles. The van der Waals surface area contributed by atoms with Crippen molar-refractivity contribution in [2.45, 2.75) is 38.3 Å². The number of likely N-dealkylation sites (N-methyl/N-ethyl adjacent to an activating group) is 1. The van der Waals surface area contributed by atoms with Crippen molar-refractivity contribution in [3.05, 3.63) is 71.2 Å². The first kappa shape index (κ1) is 18.7. The normalized spacial score (nSPS) is 16.2. The predicted octanol–water partition coefficient (Wildman–Crippen LogP) is 4.83. The van der Waals surface area contributed by atoms with Gasteiger partial charge in [-0.15, -0.1) is 0 Å². The average molecular weight is 382 g/mol. The van der Waals surface area contributed by atoms with Crippen LogP contribution in [0.4, 0.5) is 8.78 Å². The number of fused-ring (bicyclic) bond motifs is 3. The van der Waals surface area contributed by atoms with Crippen molar-refractivity contribution >= 4 is 16.8 Å². The zero-order valence-corrected chi connectivity index (χ0v) is 16.0. The minimum absolute atomic E-state index is 0.0355. The number of halogens is 2. The van der Waals surface area contributed by atoms with Gasteiger partial charge in [0.1, 0.15) is 12.5 Å². The van der Waals surface area contributed by atoms with E-state index in [-0.39, 0.29) is 24.2 Å². The molecule has 0 radical (unpaired) electrons. The molecule has 0 spiro atoms. The summed E-state index contributed by atoms with van der Waals surface area (Å²) in [4.78, 5) is 15.1. The van der Waals surface area contributed by atoms with Crippen molar-refractivity contribution in [3.8, 4) is 0 Å². The lowest BCUT2D eigenvalue weighted by Crippen LogP contribution is -2.33. The summed E-state index contributed by atoms with van der Waals surface area (Å²) in [6.07, 6.45) is 2.39. The van der Waals surface area contributed by atoms with Gasteiger partial charge < -0.3 is 9.47 Å². The maximum absolute atomic E-state index is 14.0. The van der Waals surface area contributed by atoms with E-state index in [9.17, 15) is 13.6 Å². The lowest BCUT2D eigenvalue weighted by Gasteiger charge is -2.28. The van der Waals surface area contributed by atoms with Gasteiger partial charge in [-0.05, 0) is 48.6 Å². The first-order valence-corrected chi connectivity index (χ1v) is 9.75. The van der Waals surface area contributed by atoms with E-state index < -0.39 is 6.67 Å². The molecule has 1 unspecified atom stereocenters. The molecule has 5 heteroatoms. The van der Waals surface area contributed by atoms with Crippen LogP contribution in [-0.4, -0.2) is 29.1 Å². The Bertz CT molecular complexity index is 997. The summed E-state index contributed by atoms with van der Waals surface area (Å²) < 4.78 is 29.1. The number of aryl methyl sites for hydroxylation is 1. The topological polar surface area (TPSA) is 25.2 Å². The van der Waals surface area contributed by atoms with E-state index in [1.807, 2.05) is 41.9 Å². The highest BCUT2D eigenvalue weighted by atomic mass is 19.1. The second-order valence-electron chi connectivity index (χ2n) is 7.49. The van der Waals surface area contributed by atoms with Crippen LogP contribution in [0.25, 0.3) is 10.9 Å². The minimum atomic E-state index is -0.486. The van der Waals surface area contributed by atoms with Crippen LogP contribution in [0.15, 0.2) is 48.5 Å². The molecule has 1 aliphatic rings. The number of carbonyl (C=O) groups excluding carboxylic acids is 1. The summed E-state index contributed by atoms with van der Waals surface area (Å²) in [7, 11) is 1.81. The third kappa shape index (κ3) is 3.30. The van der Waals surface area contributed by atoms with E-state index >= 15 is 0 Å². The Kier molecular flexibility index (Phi) is 5.16. The summed E-state index contributed by atoms with van der Waals surface area (Å²) in [5.74, 6) is -0.613. The average Bonchev–Trinajstić information content (AvgIpc) is 3.01. The smallest absolute Gasteiger partial charge is 0.230 e. The van der Waals surface area contributed by atoms with E-state index in [1.165, 1.54) is 12.1 Å². The van der Waals surface area contributed by atoms with Crippen LogP contribution in [-0.2, 0) is 24.3 Å². The van der Waals surface area contributed by atoms with Crippen LogP contribution in [0.3, 0.4) is 0 Å². The zero-order chi connectivity index (χ0) is 19.7. The second kappa shape index (κ2) is 7.74. The maximum atomic E-state index is 14.0. The number of alkyl halides is 1. The van der Waals surface area contributed by atoms with E-state index in [0.29, 0.717) is 6.54 Å². The summed E-state index contributed by atoms with van der Waals surface area (Å²) in [5.41, 5.74) is 3.75. The van der Waals surface area contributed by atoms with Gasteiger partial charge in [-0.3, -0.25) is 4.79 Å². The van der Waals surface area contributed by atoms with Crippen LogP contribution >= 0.6 is 0 Å². The second-order valence-corrected chi connectivity index (χ2v) is 7.49. The third-order valence-electron chi connectivity index (χ3n) is 5.68. The number of aromatic nitrogens is 1. The highest BCUT2D eigenvalue weighted by Gasteiger charge is 2.33. The Morgan fingerprint density at radius 1 is 1.21 bits per heavy atom. The molecule has 0 bridgehead atoms. The number of hydrogen-bond donors (Lipinski definition) is 0. The summed E-state index contributed by atoms with van der Waals surface area (Å²) in [6, 6.07) is 14.5. The lowest BCUT2D eigenvalue weighted by atomic mass is 9.84. The van der Waals surface area contributed by atoms with Crippen molar-refractivity contribution in [3.63, 3.8) is 0 Å². The van der Waals surface area contributed by atoms with Crippen molar-refractivity contribution in [2.24, 2.45) is 0 Å². The Morgan fingerprint density at radius 2 is 2.00 bits per heavy atom. The predicted molar refractivity (Wildman–Crippen MR) is 106 cm³/mol. The standard InChI is InChI=1S/C23H24F2N2O/c1-26(15-16-6-3-2-4-7-16)23(28)18-8-5-9-21-22(18)19-14-17(25)10-11-20(19)27(21)13-12-24/h2-4,6-7,10-11,14,18H,5,8-9,12-13,15H2,1H3. The third-order valence-corrected chi connectivity index (χ3v) is 5.68. The number of rotatable bonds is 5. The molecule has 0 saturated heterocycles. The molecule has 3 nitrogen and oxygen atoms in total. The Balaban J connectivity index is 1.73. The first-order chi connectivity index (χ1) is 13.6. The van der Waals surface area contributed by atoms with Crippen LogP contribution < -0.4 is 0 Å². The van der Waals surface area contributed by atoms with E-state index in [1.54, 1.807) is 11.0 Å². The van der Waals surface area contributed by atoms with Gasteiger partial charge in [-0.2, -0.15) is 0 Å². The lowest BCUT2D eigenvalue weighted by molar-refractivity contribution is -0.132. The molecule has 1 aliphatic carbocycles. The summed E-state index contributed by atoms with van der Waals surface area (Å²) in [6.45, 7) is 0.279. The summed E-state index contributed by atoms with van der Waals surface area (Å²) in [5, 5.41) is 0.745. The molecule has 1 amide bonds. The Morgan fingerprint density at radius 3 is 2.75 bits per heavy atom. The number of carbonyl (C=O) groups is 1. The molecule has 0 N–H and O–H groups in total. The van der Waals surface area contributed by atoms with Gasteiger partial charge in [0.2, 0.25) is 5.91 Å². The monoisotopic (exact) mass is 382 g/mol. The molecular weight excluding hydrogens is 358 g/mol. The van der Waals surface area contributed by atoms with Gasteiger partial charge in [-0.1, -0.05) is 30.3 Å². The SMILES string of the molecule is CN(Cc1ccccc1)C(=O)C1CCCc2c1c1cc(F)ccc1n2CCF. The fraction of sp³-hybridized carbons (Fsp3) is 0.348. The first-order valence-electron chi connectivity index (χ1n) is 9.75. The highest BCUT2D eigenvalue weighted by molar-refractivity contribution is 5.94. The number of hydrogen-bond acceptors (Lipinski definition) is 1. The van der Waals surface area contributed by atoms with Crippen molar-refractivity contribution < 1.29 is 13.6 Å². The molecule has 0 fully saturated rings. The number of benzene rings is 2. The van der Waals surface area contributed by atoms with Gasteiger partial charge >= 0.3 is 0 Å². The van der Waals surface area contributed by atoms with E-state index in [2.05, 4.69) is 0 Å². The van der Waals surface area contributed by atoms with Crippen molar-refractivity contribution in [1.82, 2.24) is 9.47 Å². The van der Waals surface area contributed by atoms with Crippen LogP contribution in [0, 0.1) is 5.82 Å². The molecule has 146 valence electrons. The molecular formula is C23H24F2N2O. The highest BCUT2D eigenvalue weighted by Crippen LogP contribution is 2.40. The Hall–Kier alpha value is -2.69. The van der Waals surface area contributed by atoms with E-state index in [4.69, 9.17) is 0 Å². The molecule has 0 saturated carbocycles. The number of amides is 1. The van der Waals surface area contributed by atoms with Gasteiger partial charge in [0, 0.05) is 30.2 Å². The molecule has 28 heavy (non-hydrogen) atoms. The molecule has 3 aromatic rings. The maximum Gasteiger partial charge on any atom is 0.230 e. The largest absolute Gasteiger partial charge is 0.342 e. The fourth-order valence-electron chi connectivity index (χ4n) is 4.47. The van der Waals surface area contributed by atoms with Gasteiger partial charge in [0.25, 0.3) is 0 Å². The fourth-order valence-corrected chi connectivity index (χ4v) is 4.47. The molecule has 1 atom stereocenters. The van der Waals surface area contributed by atoms with Gasteiger partial charge in [-0.25, -0.2) is 8.78 Å². The Labute approximate surface area is 163 Å². The molecule has 2 aromatic carbocycles. The molecule has 0 aliphatic heterocycles. The van der Waals surface area contributed by atoms with Crippen LogP contribution in [0.2, 0.25) is 0 Å². The van der Waals surface area contributed by atoms with Gasteiger partial charge in [0.05, 0.1) is 12.5 Å². The van der Waals surface area contributed by atoms with Crippen LogP contribution in [0.5, 0.6) is 0 Å². The number of nitrogens with zero attached hydrogens (tertiary/aromatic N) is 2. The van der Waals surface area contributed by atoms with Gasteiger partial charge in [0.15, 0.2) is 0 Å². The molecule has 1 heterocycles. The van der Waals surface area contributed by atoms with Crippen molar-refractivity contribution in [1.29, 1.82) is 0 Å². The van der Waals surface area contributed by atoms with E-state index in [0.717, 1.165) is 47.0 Å². The quantitative estimate of drug-likeness (QED) is 0.621. The van der Waals surface area contributed by atoms with Crippen molar-refractivity contribution in [2.75, 3.05) is 13.7 Å². The minimum Gasteiger partial charge on any atom is -0.342 e.